The quantitative estimate of drug-likeness (QED) is 0.296. The van der Waals surface area contributed by atoms with Crippen molar-refractivity contribution in [2.24, 2.45) is 11.8 Å². The van der Waals surface area contributed by atoms with Gasteiger partial charge in [0.15, 0.2) is 0 Å². The third-order valence-electron chi connectivity index (χ3n) is 7.47. The highest BCUT2D eigenvalue weighted by atomic mass is 35.5. The Morgan fingerprint density at radius 1 is 1.12 bits per heavy atom. The number of benzene rings is 3. The molecule has 0 saturated heterocycles. The Morgan fingerprint density at radius 2 is 1.83 bits per heavy atom. The number of methoxy groups -OCH3 is 1. The van der Waals surface area contributed by atoms with E-state index in [1.54, 1.807) is 42.5 Å². The van der Waals surface area contributed by atoms with E-state index >= 15 is 0 Å². The van der Waals surface area contributed by atoms with Gasteiger partial charge in [-0.3, -0.25) is 9.59 Å². The molecule has 1 aliphatic carbocycles. The van der Waals surface area contributed by atoms with Crippen LogP contribution in [0.3, 0.4) is 0 Å². The van der Waals surface area contributed by atoms with Crippen molar-refractivity contribution >= 4 is 34.9 Å². The molecule has 11 heteroatoms. The molecule has 0 spiro atoms. The number of rotatable bonds is 9. The number of carboxylic acid groups (broad SMARTS) is 1. The lowest BCUT2D eigenvalue weighted by atomic mass is 10.0. The number of hydrogen-bond acceptors (Lipinski definition) is 5. The number of alkyl halides is 3. The lowest BCUT2D eigenvalue weighted by molar-refractivity contribution is -0.139. The Labute approximate surface area is 239 Å². The van der Waals surface area contributed by atoms with Crippen LogP contribution in [0.1, 0.15) is 34.7 Å². The van der Waals surface area contributed by atoms with E-state index in [1.807, 2.05) is 0 Å². The fraction of sp³-hybridized carbons (Fsp3) is 0.333. The molecule has 1 aliphatic heterocycles. The van der Waals surface area contributed by atoms with Gasteiger partial charge in [-0.15, -0.1) is 0 Å². The number of aliphatic carboxylic acids is 1. The van der Waals surface area contributed by atoms with Gasteiger partial charge in [-0.05, 0) is 54.7 Å². The first kappa shape index (κ1) is 28.6. The maximum absolute atomic E-state index is 14.0. The Bertz CT molecular complexity index is 1480. The number of anilines is 2. The van der Waals surface area contributed by atoms with Crippen LogP contribution in [0.2, 0.25) is 5.02 Å². The first-order valence-corrected chi connectivity index (χ1v) is 13.4. The van der Waals surface area contributed by atoms with Crippen LogP contribution in [0, 0.1) is 18.8 Å². The van der Waals surface area contributed by atoms with Gasteiger partial charge in [-0.1, -0.05) is 29.8 Å². The number of halogens is 4. The first-order chi connectivity index (χ1) is 19.4. The fourth-order valence-electron chi connectivity index (χ4n) is 5.15. The molecule has 3 atom stereocenters. The average molecular weight is 589 g/mol. The minimum absolute atomic E-state index is 0.0843. The van der Waals surface area contributed by atoms with E-state index in [2.05, 4.69) is 5.32 Å². The average Bonchev–Trinajstić information content (AvgIpc) is 3.60. The smallest absolute Gasteiger partial charge is 0.416 e. The Kier molecular flexibility index (Phi) is 7.78. The summed E-state index contributed by atoms with van der Waals surface area (Å²) in [6.07, 6.45) is -3.57. The number of carbonyl (C=O) groups excluding carboxylic acids is 1. The minimum atomic E-state index is -4.55. The summed E-state index contributed by atoms with van der Waals surface area (Å²) in [7, 11) is 1.48. The van der Waals surface area contributed by atoms with Gasteiger partial charge in [0.2, 0.25) is 0 Å². The monoisotopic (exact) mass is 588 g/mol. The molecular formula is C30H28ClF3N2O5. The van der Waals surface area contributed by atoms with Crippen molar-refractivity contribution in [3.05, 3.63) is 81.9 Å². The predicted octanol–water partition coefficient (Wildman–Crippen LogP) is 6.52. The highest BCUT2D eigenvalue weighted by Gasteiger charge is 2.43. The van der Waals surface area contributed by atoms with Crippen LogP contribution in [0.25, 0.3) is 0 Å². The Balaban J connectivity index is 1.45. The molecular weight excluding hydrogens is 561 g/mol. The van der Waals surface area contributed by atoms with E-state index in [0.717, 1.165) is 6.07 Å². The zero-order valence-corrected chi connectivity index (χ0v) is 23.1. The number of carboxylic acids is 1. The largest absolute Gasteiger partial charge is 0.497 e. The van der Waals surface area contributed by atoms with Gasteiger partial charge in [-0.2, -0.15) is 13.2 Å². The zero-order valence-electron chi connectivity index (χ0n) is 22.3. The molecule has 41 heavy (non-hydrogen) atoms. The van der Waals surface area contributed by atoms with E-state index in [4.69, 9.17) is 26.2 Å². The molecule has 1 fully saturated rings. The third kappa shape index (κ3) is 6.22. The van der Waals surface area contributed by atoms with Gasteiger partial charge in [0.1, 0.15) is 17.5 Å². The van der Waals surface area contributed by atoms with Crippen molar-refractivity contribution in [3.8, 4) is 11.5 Å². The summed E-state index contributed by atoms with van der Waals surface area (Å²) in [5.41, 5.74) is 1.28. The minimum Gasteiger partial charge on any atom is -0.497 e. The third-order valence-corrected chi connectivity index (χ3v) is 7.73. The number of nitrogens with zero attached hydrogens (tertiary/aromatic N) is 1. The van der Waals surface area contributed by atoms with Crippen LogP contribution in [-0.4, -0.2) is 37.2 Å². The number of aryl methyl sites for hydroxylation is 1. The van der Waals surface area contributed by atoms with Crippen molar-refractivity contribution in [3.63, 3.8) is 0 Å². The number of fused-ring (bicyclic) bond motifs is 1. The molecule has 1 saturated carbocycles. The molecule has 0 radical (unpaired) electrons. The number of amides is 1. The summed E-state index contributed by atoms with van der Waals surface area (Å²) in [6.45, 7) is 1.87. The molecule has 1 heterocycles. The highest BCUT2D eigenvalue weighted by Crippen LogP contribution is 2.41. The van der Waals surface area contributed by atoms with Gasteiger partial charge < -0.3 is 24.8 Å². The predicted molar refractivity (Wildman–Crippen MR) is 148 cm³/mol. The lowest BCUT2D eigenvalue weighted by Gasteiger charge is -2.27. The van der Waals surface area contributed by atoms with Gasteiger partial charge >= 0.3 is 12.1 Å². The Morgan fingerprint density at radius 3 is 2.46 bits per heavy atom. The first-order valence-electron chi connectivity index (χ1n) is 13.0. The zero-order chi connectivity index (χ0) is 29.5. The lowest BCUT2D eigenvalue weighted by Crippen LogP contribution is -2.37. The number of ether oxygens (including phenoxy) is 2. The molecule has 2 N–H and O–H groups in total. The van der Waals surface area contributed by atoms with Crippen LogP contribution >= 0.6 is 11.6 Å². The second-order valence-electron chi connectivity index (χ2n) is 10.3. The van der Waals surface area contributed by atoms with Crippen LogP contribution in [-0.2, 0) is 22.2 Å². The van der Waals surface area contributed by atoms with E-state index in [0.29, 0.717) is 46.2 Å². The van der Waals surface area contributed by atoms with E-state index < -0.39 is 35.6 Å². The molecule has 216 valence electrons. The van der Waals surface area contributed by atoms with Crippen LogP contribution < -0.4 is 19.7 Å². The highest BCUT2D eigenvalue weighted by molar-refractivity contribution is 6.30. The number of carbonyl (C=O) groups is 2. The molecule has 7 nitrogen and oxygen atoms in total. The molecule has 0 bridgehead atoms. The molecule has 3 aromatic carbocycles. The van der Waals surface area contributed by atoms with Crippen LogP contribution in [0.5, 0.6) is 11.5 Å². The van der Waals surface area contributed by atoms with Crippen LogP contribution in [0.4, 0.5) is 24.5 Å². The summed E-state index contributed by atoms with van der Waals surface area (Å²) >= 11 is 6.09. The van der Waals surface area contributed by atoms with E-state index in [1.165, 1.54) is 25.0 Å². The second kappa shape index (κ2) is 11.2. The van der Waals surface area contributed by atoms with Crippen molar-refractivity contribution in [1.29, 1.82) is 0 Å². The molecule has 1 amide bonds. The maximum atomic E-state index is 14.0. The SMILES string of the molecule is COc1cc(NC(C(=O)N2CCc3cc(C)c(C(F)(F)F)cc32)c2ccc(Cl)cc2)cc(OCC2CC2C(=O)O)c1. The van der Waals surface area contributed by atoms with Gasteiger partial charge in [0.05, 0.1) is 25.2 Å². The molecule has 3 aromatic rings. The van der Waals surface area contributed by atoms with E-state index in [9.17, 15) is 22.8 Å². The van der Waals surface area contributed by atoms with Crippen molar-refractivity contribution in [2.45, 2.75) is 32.0 Å². The van der Waals surface area contributed by atoms with Gasteiger partial charge in [-0.25, -0.2) is 0 Å². The summed E-state index contributed by atoms with van der Waals surface area (Å²) in [4.78, 5) is 26.6. The van der Waals surface area contributed by atoms with Crippen molar-refractivity contribution < 1.29 is 37.3 Å². The number of hydrogen-bond donors (Lipinski definition) is 2. The van der Waals surface area contributed by atoms with Crippen molar-refractivity contribution in [2.75, 3.05) is 30.5 Å². The fourth-order valence-corrected chi connectivity index (χ4v) is 5.28. The molecule has 0 aromatic heterocycles. The summed E-state index contributed by atoms with van der Waals surface area (Å²) in [5.74, 6) is -0.932. The van der Waals surface area contributed by atoms with Crippen LogP contribution in [0.15, 0.2) is 54.6 Å². The van der Waals surface area contributed by atoms with Crippen molar-refractivity contribution in [1.82, 2.24) is 0 Å². The van der Waals surface area contributed by atoms with E-state index in [-0.39, 0.29) is 30.3 Å². The molecule has 2 aliphatic rings. The normalized spacial score (nSPS) is 18.4. The maximum Gasteiger partial charge on any atom is 0.416 e. The molecule has 3 unspecified atom stereocenters. The second-order valence-corrected chi connectivity index (χ2v) is 10.7. The summed E-state index contributed by atoms with van der Waals surface area (Å²) in [6, 6.07) is 13.2. The standard InChI is InChI=1S/C30H28ClF3N2O5/c1-16-9-18-7-8-36(26(18)14-25(16)30(32,33)34)28(37)27(17-3-5-20(31)6-4-17)35-21-11-22(40-2)13-23(12-21)41-15-19-10-24(19)29(38)39/h3-6,9,11-14,19,24,27,35H,7-8,10,15H2,1-2H3,(H,38,39). The van der Waals surface area contributed by atoms with Gasteiger partial charge in [0.25, 0.3) is 5.91 Å². The van der Waals surface area contributed by atoms with Gasteiger partial charge in [0, 0.05) is 47.1 Å². The number of nitrogens with one attached hydrogen (secondary N) is 1. The summed E-state index contributed by atoms with van der Waals surface area (Å²) < 4.78 is 52.4. The Hall–Kier alpha value is -3.92. The molecule has 5 rings (SSSR count). The topological polar surface area (TPSA) is 88.1 Å². The summed E-state index contributed by atoms with van der Waals surface area (Å²) in [5, 5.41) is 12.8.